The zero-order chi connectivity index (χ0) is 28.2. The first kappa shape index (κ1) is 29.5. The second-order valence-corrected chi connectivity index (χ2v) is 11.2. The van der Waals surface area contributed by atoms with E-state index in [0.717, 1.165) is 23.1 Å². The number of ether oxygens (including phenoxy) is 1. The van der Waals surface area contributed by atoms with Crippen molar-refractivity contribution in [2.24, 2.45) is 0 Å². The maximum Gasteiger partial charge on any atom is 0.408 e. The first-order valence-corrected chi connectivity index (χ1v) is 13.3. The minimum absolute atomic E-state index is 0.236. The van der Waals surface area contributed by atoms with E-state index in [2.05, 4.69) is 10.6 Å². The number of hydrogen-bond donors (Lipinski definition) is 3. The van der Waals surface area contributed by atoms with Crippen LogP contribution in [0.5, 0.6) is 0 Å². The van der Waals surface area contributed by atoms with Crippen molar-refractivity contribution in [3.8, 4) is 0 Å². The molecule has 0 saturated heterocycles. The highest BCUT2D eigenvalue weighted by Crippen LogP contribution is 2.37. The van der Waals surface area contributed by atoms with E-state index in [0.29, 0.717) is 29.1 Å². The predicted octanol–water partition coefficient (Wildman–Crippen LogP) is 5.21. The van der Waals surface area contributed by atoms with Crippen LogP contribution in [0.2, 0.25) is 5.02 Å². The van der Waals surface area contributed by atoms with Crippen LogP contribution in [0.25, 0.3) is 0 Å². The first-order valence-electron chi connectivity index (χ1n) is 12.9. The summed E-state index contributed by atoms with van der Waals surface area (Å²) < 4.78 is 5.31. The zero-order valence-electron chi connectivity index (χ0n) is 22.9. The highest BCUT2D eigenvalue weighted by Gasteiger charge is 2.42. The zero-order valence-corrected chi connectivity index (χ0v) is 23.7. The van der Waals surface area contributed by atoms with Gasteiger partial charge >= 0.3 is 6.09 Å². The van der Waals surface area contributed by atoms with Crippen molar-refractivity contribution in [1.82, 2.24) is 10.2 Å². The van der Waals surface area contributed by atoms with Crippen molar-refractivity contribution in [2.75, 3.05) is 11.9 Å². The number of halogens is 1. The van der Waals surface area contributed by atoms with Crippen LogP contribution in [0.1, 0.15) is 68.3 Å². The summed E-state index contributed by atoms with van der Waals surface area (Å²) in [5.41, 5.74) is 2.99. The van der Waals surface area contributed by atoms with Crippen molar-refractivity contribution in [3.63, 3.8) is 0 Å². The Balaban J connectivity index is 2.06. The molecule has 0 aliphatic heterocycles. The number of aliphatic hydroxyl groups excluding tert-OH is 1. The molecule has 1 aliphatic carbocycles. The fourth-order valence-corrected chi connectivity index (χ4v) is 4.74. The number of anilines is 1. The monoisotopic (exact) mass is 543 g/mol. The van der Waals surface area contributed by atoms with Crippen LogP contribution < -0.4 is 10.6 Å². The molecule has 2 aromatic carbocycles. The number of alkyl carbamates (subject to hydrolysis) is 1. The maximum atomic E-state index is 14.1. The number of nitrogens with zero attached hydrogens (tertiary/aromatic N) is 1. The highest BCUT2D eigenvalue weighted by molar-refractivity contribution is 6.34. The van der Waals surface area contributed by atoms with Gasteiger partial charge in [0.05, 0.1) is 17.3 Å². The van der Waals surface area contributed by atoms with E-state index in [1.54, 1.807) is 32.9 Å². The molecule has 2 aromatic rings. The molecule has 1 aliphatic rings. The summed E-state index contributed by atoms with van der Waals surface area (Å²) >= 11 is 6.42. The number of carbonyl (C=O) groups excluding carboxylic acids is 3. The summed E-state index contributed by atoms with van der Waals surface area (Å²) in [6.07, 6.45) is 1.49. The molecule has 2 atom stereocenters. The Morgan fingerprint density at radius 3 is 2.26 bits per heavy atom. The van der Waals surface area contributed by atoms with Crippen LogP contribution in [0, 0.1) is 20.8 Å². The molecule has 9 heteroatoms. The predicted molar refractivity (Wildman–Crippen MR) is 148 cm³/mol. The van der Waals surface area contributed by atoms with E-state index in [-0.39, 0.29) is 6.04 Å². The normalized spacial score (nSPS) is 15.2. The Labute approximate surface area is 229 Å². The largest absolute Gasteiger partial charge is 0.444 e. The van der Waals surface area contributed by atoms with E-state index >= 15 is 0 Å². The number of benzene rings is 2. The van der Waals surface area contributed by atoms with E-state index in [1.165, 1.54) is 4.90 Å². The molecule has 3 N–H and O–H groups in total. The van der Waals surface area contributed by atoms with Gasteiger partial charge in [-0.25, -0.2) is 4.79 Å². The van der Waals surface area contributed by atoms with Gasteiger partial charge in [-0.05, 0) is 89.1 Å². The van der Waals surface area contributed by atoms with Crippen molar-refractivity contribution in [3.05, 3.63) is 63.7 Å². The van der Waals surface area contributed by atoms with Crippen LogP contribution in [-0.2, 0) is 14.3 Å². The molecule has 1 saturated carbocycles. The second-order valence-electron chi connectivity index (χ2n) is 10.8. The molecular formula is C29H38ClN3O5. The van der Waals surface area contributed by atoms with Gasteiger partial charge < -0.3 is 25.4 Å². The fourth-order valence-electron chi connectivity index (χ4n) is 4.47. The van der Waals surface area contributed by atoms with Gasteiger partial charge in [-0.1, -0.05) is 41.9 Å². The third-order valence-electron chi connectivity index (χ3n) is 6.83. The number of aliphatic hydroxyl groups is 1. The molecule has 0 radical (unpaired) electrons. The van der Waals surface area contributed by atoms with Gasteiger partial charge in [0.15, 0.2) is 0 Å². The van der Waals surface area contributed by atoms with Crippen molar-refractivity contribution in [1.29, 1.82) is 0 Å². The van der Waals surface area contributed by atoms with Gasteiger partial charge in [0.25, 0.3) is 5.91 Å². The maximum absolute atomic E-state index is 14.1. The summed E-state index contributed by atoms with van der Waals surface area (Å²) in [6, 6.07) is 8.43. The molecule has 0 aromatic heterocycles. The minimum atomic E-state index is -1.28. The molecule has 1 fully saturated rings. The summed E-state index contributed by atoms with van der Waals surface area (Å²) in [7, 11) is 0. The Kier molecular flexibility index (Phi) is 9.44. The van der Waals surface area contributed by atoms with Gasteiger partial charge in [-0.15, -0.1) is 0 Å². The van der Waals surface area contributed by atoms with Crippen LogP contribution >= 0.6 is 11.6 Å². The number of hydrogen-bond acceptors (Lipinski definition) is 5. The SMILES string of the molecule is Cc1cccc(C(C(=O)Nc2c(C)cccc2Cl)N(C(=O)C(CO)NC(=O)OC(C)(C)C)C2CCC2)c1C. The Bertz CT molecular complexity index is 1170. The average Bonchev–Trinajstić information content (AvgIpc) is 2.79. The van der Waals surface area contributed by atoms with Crippen LogP contribution in [0.3, 0.4) is 0 Å². The topological polar surface area (TPSA) is 108 Å². The quantitative estimate of drug-likeness (QED) is 0.423. The molecule has 38 heavy (non-hydrogen) atoms. The molecule has 0 heterocycles. The first-order chi connectivity index (χ1) is 17.8. The number of carbonyl (C=O) groups is 3. The Hall–Kier alpha value is -3.10. The van der Waals surface area contributed by atoms with Gasteiger partial charge in [0, 0.05) is 6.04 Å². The third-order valence-corrected chi connectivity index (χ3v) is 7.15. The van der Waals surface area contributed by atoms with Gasteiger partial charge in [-0.2, -0.15) is 0 Å². The van der Waals surface area contributed by atoms with Crippen LogP contribution in [0.15, 0.2) is 36.4 Å². The number of amides is 3. The molecular weight excluding hydrogens is 506 g/mol. The van der Waals surface area contributed by atoms with Gasteiger partial charge in [-0.3, -0.25) is 9.59 Å². The van der Waals surface area contributed by atoms with E-state index in [9.17, 15) is 19.5 Å². The van der Waals surface area contributed by atoms with Crippen molar-refractivity contribution in [2.45, 2.75) is 84.5 Å². The number of rotatable bonds is 8. The van der Waals surface area contributed by atoms with Gasteiger partial charge in [0.2, 0.25) is 5.91 Å². The summed E-state index contributed by atoms with van der Waals surface area (Å²) in [4.78, 5) is 42.1. The lowest BCUT2D eigenvalue weighted by Crippen LogP contribution is -2.58. The van der Waals surface area contributed by atoms with E-state index in [4.69, 9.17) is 16.3 Å². The molecule has 8 nitrogen and oxygen atoms in total. The standard InChI is InChI=1S/C29H38ClN3O5/c1-17-10-7-14-21(19(17)3)25(26(35)32-24-18(2)11-8-15-22(24)30)33(20-12-9-13-20)27(36)23(16-34)31-28(37)38-29(4,5)6/h7-8,10-11,14-15,20,23,25,34H,9,12-13,16H2,1-6H3,(H,31,37)(H,32,35). The number of para-hydroxylation sites is 1. The van der Waals surface area contributed by atoms with Crippen molar-refractivity contribution >= 4 is 35.2 Å². The molecule has 3 amide bonds. The summed E-state index contributed by atoms with van der Waals surface area (Å²) in [6.45, 7) is 10.2. The lowest BCUT2D eigenvalue weighted by Gasteiger charge is -2.44. The Morgan fingerprint density at radius 2 is 1.71 bits per heavy atom. The average molecular weight is 544 g/mol. The van der Waals surface area contributed by atoms with Crippen LogP contribution in [0.4, 0.5) is 10.5 Å². The molecule has 206 valence electrons. The van der Waals surface area contributed by atoms with Gasteiger partial charge in [0.1, 0.15) is 17.7 Å². The molecule has 0 spiro atoms. The molecule has 0 bridgehead atoms. The smallest absolute Gasteiger partial charge is 0.408 e. The minimum Gasteiger partial charge on any atom is -0.444 e. The molecule has 2 unspecified atom stereocenters. The fraction of sp³-hybridized carbons (Fsp3) is 0.483. The molecule has 3 rings (SSSR count). The van der Waals surface area contributed by atoms with Crippen molar-refractivity contribution < 1.29 is 24.2 Å². The summed E-state index contributed by atoms with van der Waals surface area (Å²) in [5, 5.41) is 16.0. The lowest BCUT2D eigenvalue weighted by atomic mass is 9.86. The third kappa shape index (κ3) is 6.85. The number of nitrogens with one attached hydrogen (secondary N) is 2. The summed E-state index contributed by atoms with van der Waals surface area (Å²) in [5.74, 6) is -0.982. The van der Waals surface area contributed by atoms with E-state index < -0.39 is 42.2 Å². The van der Waals surface area contributed by atoms with E-state index in [1.807, 2.05) is 45.0 Å². The highest BCUT2D eigenvalue weighted by atomic mass is 35.5. The van der Waals surface area contributed by atoms with Crippen LogP contribution in [-0.4, -0.2) is 52.2 Å². The Morgan fingerprint density at radius 1 is 1.08 bits per heavy atom. The second kappa shape index (κ2) is 12.2. The lowest BCUT2D eigenvalue weighted by molar-refractivity contribution is -0.146. The number of aryl methyl sites for hydroxylation is 2.